The van der Waals surface area contributed by atoms with E-state index in [0.717, 1.165) is 53.3 Å². The largest absolute Gasteiger partial charge is 0.469 e. The fraction of sp³-hybridized carbons (Fsp3) is 0.368. The van der Waals surface area contributed by atoms with E-state index in [1.807, 2.05) is 11.3 Å². The van der Waals surface area contributed by atoms with Gasteiger partial charge in [0.05, 0.1) is 17.0 Å². The minimum Gasteiger partial charge on any atom is -0.469 e. The molecule has 81 heavy (non-hydrogen) atoms. The van der Waals surface area contributed by atoms with Gasteiger partial charge in [-0.05, 0) is 209 Å². The van der Waals surface area contributed by atoms with Crippen molar-refractivity contribution < 1.29 is 4.42 Å². The summed E-state index contributed by atoms with van der Waals surface area (Å²) in [6.45, 7) is 36.3. The zero-order chi connectivity index (χ0) is 56.7. The van der Waals surface area contributed by atoms with Crippen LogP contribution in [0.3, 0.4) is 0 Å². The maximum Gasteiger partial charge on any atom is 0.244 e. The molecule has 14 rings (SSSR count). The molecule has 0 amide bonds. The van der Waals surface area contributed by atoms with Crippen LogP contribution in [0, 0.1) is 0 Å². The molecule has 1 N–H and O–H groups in total. The van der Waals surface area contributed by atoms with Gasteiger partial charge < -0.3 is 14.6 Å². The first kappa shape index (κ1) is 52.5. The van der Waals surface area contributed by atoms with Gasteiger partial charge in [-0.2, -0.15) is 0 Å². The number of hydrogen-bond acceptors (Lipinski definition) is 4. The standard InChI is InChI=1S/C76H81BN2OS/c1-70(2,3)46-25-28-61(49(36-46)44-21-17-16-18-22-44)79-62-35-45-23-19-20-24-48(45)66(67(62)77-69-68(79)53-39-57-58(42-63(53)80-69)75(12,13)33-31-74(57,10)11)52-41-64-51(50-38-56-59(43-65(50)81-64)76(14,15)34-32-73(56,8)9)40-60(52)78-47-26-27-54-55(37-47)72(6,7)30-29-71(54,4)5/h16-28,35-43,77-78H,29-34H2,1-15H3. The van der Waals surface area contributed by atoms with Crippen molar-refractivity contribution in [3.05, 3.63) is 172 Å². The molecule has 0 atom stereocenters. The van der Waals surface area contributed by atoms with E-state index in [4.69, 9.17) is 4.42 Å². The molecule has 0 fully saturated rings. The molecule has 4 aliphatic rings. The van der Waals surface area contributed by atoms with Crippen LogP contribution in [0.2, 0.25) is 0 Å². The maximum absolute atomic E-state index is 7.51. The van der Waals surface area contributed by atoms with Crippen molar-refractivity contribution in [1.29, 1.82) is 0 Å². The van der Waals surface area contributed by atoms with E-state index in [2.05, 4.69) is 248 Å². The molecule has 3 heterocycles. The molecule has 0 bridgehead atoms. The van der Waals surface area contributed by atoms with Gasteiger partial charge in [0, 0.05) is 53.7 Å². The van der Waals surface area contributed by atoms with Crippen LogP contribution in [-0.4, -0.2) is 7.28 Å². The number of hydrogen-bond donors (Lipinski definition) is 1. The van der Waals surface area contributed by atoms with Gasteiger partial charge in [-0.25, -0.2) is 0 Å². The smallest absolute Gasteiger partial charge is 0.244 e. The Hall–Kier alpha value is -6.56. The van der Waals surface area contributed by atoms with Crippen molar-refractivity contribution >= 4 is 100 Å². The van der Waals surface area contributed by atoms with Gasteiger partial charge >= 0.3 is 0 Å². The normalized spacial score (nSPS) is 18.9. The van der Waals surface area contributed by atoms with E-state index >= 15 is 0 Å². The second-order valence-electron chi connectivity index (χ2n) is 30.2. The van der Waals surface area contributed by atoms with Crippen molar-refractivity contribution in [2.75, 3.05) is 10.2 Å². The van der Waals surface area contributed by atoms with Crippen molar-refractivity contribution in [3.63, 3.8) is 0 Å². The third kappa shape index (κ3) is 8.23. The van der Waals surface area contributed by atoms with Crippen LogP contribution in [0.4, 0.5) is 28.4 Å². The average molecular weight is 1080 g/mol. The van der Waals surface area contributed by atoms with E-state index in [1.54, 1.807) is 0 Å². The van der Waals surface area contributed by atoms with Crippen LogP contribution < -0.4 is 21.3 Å². The summed E-state index contributed by atoms with van der Waals surface area (Å²) >= 11 is 1.97. The zero-order valence-electron chi connectivity index (χ0n) is 50.9. The Labute approximate surface area is 486 Å². The Morgan fingerprint density at radius 3 is 1.69 bits per heavy atom. The number of anilines is 5. The van der Waals surface area contributed by atoms with Crippen molar-refractivity contribution in [1.82, 2.24) is 0 Å². The predicted octanol–water partition coefficient (Wildman–Crippen LogP) is 20.5. The highest BCUT2D eigenvalue weighted by Crippen LogP contribution is 2.55. The first-order valence-electron chi connectivity index (χ1n) is 30.3. The maximum atomic E-state index is 7.51. The highest BCUT2D eigenvalue weighted by atomic mass is 32.1. The first-order valence-corrected chi connectivity index (χ1v) is 31.1. The summed E-state index contributed by atoms with van der Waals surface area (Å²) in [6, 6.07) is 52.6. The van der Waals surface area contributed by atoms with Crippen LogP contribution in [-0.2, 0) is 37.9 Å². The quantitative estimate of drug-likeness (QED) is 0.174. The number of rotatable bonds is 5. The summed E-state index contributed by atoms with van der Waals surface area (Å²) in [5.74, 6) is 0. The molecule has 1 aliphatic heterocycles. The zero-order valence-corrected chi connectivity index (χ0v) is 51.7. The third-order valence-electron chi connectivity index (χ3n) is 20.8. The van der Waals surface area contributed by atoms with Gasteiger partial charge in [0.2, 0.25) is 7.28 Å². The fourth-order valence-corrected chi connectivity index (χ4v) is 16.4. The monoisotopic (exact) mass is 1080 g/mol. The van der Waals surface area contributed by atoms with Gasteiger partial charge in [-0.15, -0.1) is 11.3 Å². The van der Waals surface area contributed by atoms with Crippen molar-refractivity contribution in [3.8, 4) is 22.3 Å². The Kier molecular flexibility index (Phi) is 11.3. The van der Waals surface area contributed by atoms with Gasteiger partial charge in [-0.1, -0.05) is 171 Å². The van der Waals surface area contributed by atoms with Gasteiger partial charge in [0.25, 0.3) is 0 Å². The third-order valence-corrected chi connectivity index (χ3v) is 21.9. The molecular weight excluding hydrogens is 1000 g/mol. The molecule has 0 saturated carbocycles. The number of furan rings is 1. The molecule has 8 aromatic carbocycles. The van der Waals surface area contributed by atoms with Gasteiger partial charge in [-0.3, -0.25) is 0 Å². The van der Waals surface area contributed by atoms with Gasteiger partial charge in [0.1, 0.15) is 5.58 Å². The molecule has 0 saturated heterocycles. The molecule has 3 aliphatic carbocycles. The molecule has 5 heteroatoms. The first-order chi connectivity index (χ1) is 38.2. The van der Waals surface area contributed by atoms with Crippen molar-refractivity contribution in [2.24, 2.45) is 0 Å². The summed E-state index contributed by atoms with van der Waals surface area (Å²) in [7, 11) is 0.650. The molecule has 10 aromatic rings. The van der Waals surface area contributed by atoms with Crippen molar-refractivity contribution in [2.45, 2.75) is 180 Å². The topological polar surface area (TPSA) is 28.4 Å². The number of benzene rings is 8. The number of fused-ring (bicyclic) bond motifs is 11. The lowest BCUT2D eigenvalue weighted by Gasteiger charge is -2.42. The van der Waals surface area contributed by atoms with Crippen LogP contribution in [0.5, 0.6) is 0 Å². The number of nitrogens with one attached hydrogen (secondary N) is 1. The Balaban J connectivity index is 1.08. The lowest BCUT2D eigenvalue weighted by molar-refractivity contribution is 0.332. The summed E-state index contributed by atoms with van der Waals surface area (Å²) in [5.41, 5.74) is 24.5. The molecule has 0 radical (unpaired) electrons. The number of thiophene rings is 1. The minimum atomic E-state index is -0.0550. The van der Waals surface area contributed by atoms with E-state index in [-0.39, 0.29) is 37.9 Å². The average Bonchev–Trinajstić information content (AvgIpc) is 3.39. The van der Waals surface area contributed by atoms with E-state index < -0.39 is 0 Å². The van der Waals surface area contributed by atoms with E-state index in [0.29, 0.717) is 7.28 Å². The summed E-state index contributed by atoms with van der Waals surface area (Å²) in [5, 5.41) is 10.6. The second-order valence-corrected chi connectivity index (χ2v) is 31.3. The second kappa shape index (κ2) is 17.5. The lowest BCUT2D eigenvalue weighted by Crippen LogP contribution is -2.40. The molecule has 410 valence electrons. The summed E-state index contributed by atoms with van der Waals surface area (Å²) in [6.07, 6.45) is 7.02. The Morgan fingerprint density at radius 1 is 0.481 bits per heavy atom. The highest BCUT2D eigenvalue weighted by molar-refractivity contribution is 7.25. The highest BCUT2D eigenvalue weighted by Gasteiger charge is 2.43. The van der Waals surface area contributed by atoms with E-state index in [9.17, 15) is 0 Å². The fourth-order valence-electron chi connectivity index (χ4n) is 15.2. The molecule has 3 nitrogen and oxygen atoms in total. The lowest BCUT2D eigenvalue weighted by atomic mass is 9.60. The predicted molar refractivity (Wildman–Crippen MR) is 353 cm³/mol. The Morgan fingerprint density at radius 2 is 1.04 bits per heavy atom. The minimum absolute atomic E-state index is 0.0257. The molecule has 0 spiro atoms. The number of nitrogens with zero attached hydrogens (tertiary/aromatic N) is 1. The molecule has 2 aromatic heterocycles. The summed E-state index contributed by atoms with van der Waals surface area (Å²) in [4.78, 5) is 2.63. The molecular formula is C76H81BN2OS. The van der Waals surface area contributed by atoms with Crippen LogP contribution in [0.1, 0.15) is 181 Å². The van der Waals surface area contributed by atoms with Gasteiger partial charge in [0.15, 0.2) is 0 Å². The van der Waals surface area contributed by atoms with Crippen LogP contribution >= 0.6 is 11.3 Å². The van der Waals surface area contributed by atoms with E-state index in [1.165, 1.54) is 128 Å². The van der Waals surface area contributed by atoms with Crippen LogP contribution in [0.15, 0.2) is 138 Å². The molecule has 0 unspecified atom stereocenters. The summed E-state index contributed by atoms with van der Waals surface area (Å²) < 4.78 is 10.2. The SMILES string of the molecule is CC(C)(C)c1ccc(N2c3cc4ccccc4c(-c4cc5sc6cc7c(cc6c5cc4Nc4ccc5c(c4)C(C)(C)CCC5(C)C)C(C)(C)CCC7(C)C)c3Bc3oc4cc5c(cc4c32)C(C)(C)CCC5(C)C)c(-c2ccccc2)c1. The van der Waals surface area contributed by atoms with Crippen LogP contribution in [0.25, 0.3) is 64.2 Å². The Bertz CT molecular complexity index is 4280.